The highest BCUT2D eigenvalue weighted by molar-refractivity contribution is 7.19. The SMILES string of the molecule is Cc1cc2[nH]c(C(=O)Nc3cccnc3C(F)(F)F)cc2s1. The normalized spacial score (nSPS) is 11.8. The van der Waals surface area contributed by atoms with Gasteiger partial charge in [0.1, 0.15) is 5.69 Å². The van der Waals surface area contributed by atoms with Crippen molar-refractivity contribution >= 4 is 33.1 Å². The zero-order chi connectivity index (χ0) is 15.9. The summed E-state index contributed by atoms with van der Waals surface area (Å²) in [4.78, 5) is 19.4. The Morgan fingerprint density at radius 1 is 1.36 bits per heavy atom. The molecule has 0 aliphatic rings. The molecule has 1 amide bonds. The standard InChI is InChI=1S/C14H10F3N3OS/c1-7-5-9-11(22-7)6-10(19-9)13(21)20-8-3-2-4-18-12(8)14(15,16)17/h2-6,19H,1H3,(H,20,21). The zero-order valence-corrected chi connectivity index (χ0v) is 12.1. The largest absolute Gasteiger partial charge is 0.435 e. The van der Waals surface area contributed by atoms with Gasteiger partial charge in [-0.25, -0.2) is 4.98 Å². The van der Waals surface area contributed by atoms with Crippen molar-refractivity contribution in [3.8, 4) is 0 Å². The van der Waals surface area contributed by atoms with Crippen molar-refractivity contribution in [2.75, 3.05) is 5.32 Å². The highest BCUT2D eigenvalue weighted by Crippen LogP contribution is 2.33. The summed E-state index contributed by atoms with van der Waals surface area (Å²) < 4.78 is 39.4. The molecule has 3 aromatic rings. The molecule has 0 fully saturated rings. The van der Waals surface area contributed by atoms with E-state index in [2.05, 4.69) is 15.3 Å². The molecule has 0 bridgehead atoms. The predicted octanol–water partition coefficient (Wildman–Crippen LogP) is 4.20. The quantitative estimate of drug-likeness (QED) is 0.742. The van der Waals surface area contributed by atoms with E-state index in [-0.39, 0.29) is 11.4 Å². The van der Waals surface area contributed by atoms with Gasteiger partial charge in [-0.15, -0.1) is 11.3 Å². The summed E-state index contributed by atoms with van der Waals surface area (Å²) >= 11 is 1.50. The third-order valence-corrected chi connectivity index (χ3v) is 4.00. The van der Waals surface area contributed by atoms with E-state index in [1.165, 1.54) is 23.5 Å². The van der Waals surface area contributed by atoms with E-state index in [0.29, 0.717) is 0 Å². The number of hydrogen-bond acceptors (Lipinski definition) is 3. The molecule has 8 heteroatoms. The number of aromatic amines is 1. The Bertz CT molecular complexity index is 819. The first-order valence-corrected chi connectivity index (χ1v) is 7.09. The van der Waals surface area contributed by atoms with Crippen molar-refractivity contribution in [1.29, 1.82) is 0 Å². The van der Waals surface area contributed by atoms with Gasteiger partial charge in [0.2, 0.25) is 0 Å². The van der Waals surface area contributed by atoms with Gasteiger partial charge >= 0.3 is 6.18 Å². The Hall–Kier alpha value is -2.35. The van der Waals surface area contributed by atoms with Crippen LogP contribution in [-0.4, -0.2) is 15.9 Å². The van der Waals surface area contributed by atoms with Crippen molar-refractivity contribution in [1.82, 2.24) is 9.97 Å². The maximum atomic E-state index is 12.8. The third kappa shape index (κ3) is 2.69. The van der Waals surface area contributed by atoms with E-state index in [9.17, 15) is 18.0 Å². The first kappa shape index (κ1) is 14.6. The molecular formula is C14H10F3N3OS. The number of aromatic nitrogens is 2. The lowest BCUT2D eigenvalue weighted by atomic mass is 10.2. The molecule has 3 rings (SSSR count). The number of H-pyrrole nitrogens is 1. The smallest absolute Gasteiger partial charge is 0.350 e. The first-order valence-electron chi connectivity index (χ1n) is 6.27. The number of aryl methyl sites for hydroxylation is 1. The van der Waals surface area contributed by atoms with Crippen LogP contribution in [0.2, 0.25) is 0 Å². The maximum absolute atomic E-state index is 12.8. The summed E-state index contributed by atoms with van der Waals surface area (Å²) in [6, 6.07) is 6.00. The number of nitrogens with zero attached hydrogens (tertiary/aromatic N) is 1. The van der Waals surface area contributed by atoms with E-state index in [0.717, 1.165) is 21.3 Å². The van der Waals surface area contributed by atoms with Crippen molar-refractivity contribution in [2.24, 2.45) is 0 Å². The lowest BCUT2D eigenvalue weighted by molar-refractivity contribution is -0.140. The van der Waals surface area contributed by atoms with Crippen LogP contribution in [0.1, 0.15) is 21.1 Å². The van der Waals surface area contributed by atoms with E-state index in [1.807, 2.05) is 13.0 Å². The van der Waals surface area contributed by atoms with Crippen LogP contribution in [0.25, 0.3) is 10.2 Å². The van der Waals surface area contributed by atoms with E-state index >= 15 is 0 Å². The second-order valence-corrected chi connectivity index (χ2v) is 5.96. The van der Waals surface area contributed by atoms with Gasteiger partial charge < -0.3 is 10.3 Å². The van der Waals surface area contributed by atoms with Gasteiger partial charge in [-0.05, 0) is 31.2 Å². The summed E-state index contributed by atoms with van der Waals surface area (Å²) in [5.74, 6) is -0.639. The number of fused-ring (bicyclic) bond motifs is 1. The van der Waals surface area contributed by atoms with Gasteiger partial charge in [-0.1, -0.05) is 0 Å². The average Bonchev–Trinajstić information content (AvgIpc) is 2.95. The van der Waals surface area contributed by atoms with Crippen molar-refractivity contribution in [3.05, 3.63) is 46.7 Å². The molecule has 3 heterocycles. The Balaban J connectivity index is 1.89. The summed E-state index contributed by atoms with van der Waals surface area (Å²) in [6.45, 7) is 1.93. The molecule has 0 aromatic carbocycles. The Labute approximate surface area is 127 Å². The molecule has 0 saturated heterocycles. The predicted molar refractivity (Wildman–Crippen MR) is 78.1 cm³/mol. The summed E-state index contributed by atoms with van der Waals surface area (Å²) in [5.41, 5.74) is -0.491. The Morgan fingerprint density at radius 2 is 2.14 bits per heavy atom. The fourth-order valence-electron chi connectivity index (χ4n) is 2.09. The molecule has 0 saturated carbocycles. The summed E-state index contributed by atoms with van der Waals surface area (Å²) in [7, 11) is 0. The number of hydrogen-bond donors (Lipinski definition) is 2. The lowest BCUT2D eigenvalue weighted by Gasteiger charge is -2.11. The van der Waals surface area contributed by atoms with Gasteiger partial charge in [0.15, 0.2) is 5.69 Å². The molecule has 0 unspecified atom stereocenters. The van der Waals surface area contributed by atoms with Crippen molar-refractivity contribution in [3.63, 3.8) is 0 Å². The molecule has 2 N–H and O–H groups in total. The van der Waals surface area contributed by atoms with Crippen LogP contribution >= 0.6 is 11.3 Å². The van der Waals surface area contributed by atoms with Gasteiger partial charge in [0.05, 0.1) is 15.9 Å². The molecule has 0 aliphatic heterocycles. The van der Waals surface area contributed by atoms with Gasteiger partial charge in [-0.3, -0.25) is 4.79 Å². The highest BCUT2D eigenvalue weighted by atomic mass is 32.1. The topological polar surface area (TPSA) is 57.8 Å². The van der Waals surface area contributed by atoms with Gasteiger partial charge in [0, 0.05) is 11.1 Å². The average molecular weight is 325 g/mol. The minimum Gasteiger partial charge on any atom is -0.350 e. The van der Waals surface area contributed by atoms with Crippen molar-refractivity contribution < 1.29 is 18.0 Å². The van der Waals surface area contributed by atoms with Crippen LogP contribution in [0.4, 0.5) is 18.9 Å². The number of pyridine rings is 1. The molecule has 0 aliphatic carbocycles. The van der Waals surface area contributed by atoms with Crippen LogP contribution in [-0.2, 0) is 6.18 Å². The Morgan fingerprint density at radius 3 is 2.82 bits per heavy atom. The molecule has 4 nitrogen and oxygen atoms in total. The minimum absolute atomic E-state index is 0.207. The maximum Gasteiger partial charge on any atom is 0.435 e. The van der Waals surface area contributed by atoms with Crippen LogP contribution < -0.4 is 5.32 Å². The lowest BCUT2D eigenvalue weighted by Crippen LogP contribution is -2.18. The summed E-state index contributed by atoms with van der Waals surface area (Å²) in [5, 5.41) is 2.25. The van der Waals surface area contributed by atoms with Crippen LogP contribution in [0.15, 0.2) is 30.5 Å². The number of halogens is 3. The van der Waals surface area contributed by atoms with Crippen LogP contribution in [0.3, 0.4) is 0 Å². The number of carbonyl (C=O) groups is 1. The second kappa shape index (κ2) is 5.13. The molecule has 3 aromatic heterocycles. The number of rotatable bonds is 2. The first-order chi connectivity index (χ1) is 10.3. The molecule has 0 radical (unpaired) electrons. The van der Waals surface area contributed by atoms with Crippen LogP contribution in [0, 0.1) is 6.92 Å². The van der Waals surface area contributed by atoms with Gasteiger partial charge in [-0.2, -0.15) is 13.2 Å². The second-order valence-electron chi connectivity index (χ2n) is 4.67. The van der Waals surface area contributed by atoms with E-state index < -0.39 is 17.8 Å². The molecule has 114 valence electrons. The van der Waals surface area contributed by atoms with E-state index in [1.54, 1.807) is 6.07 Å². The van der Waals surface area contributed by atoms with Gasteiger partial charge in [0.25, 0.3) is 5.91 Å². The van der Waals surface area contributed by atoms with Crippen LogP contribution in [0.5, 0.6) is 0 Å². The molecule has 0 spiro atoms. The fourth-order valence-corrected chi connectivity index (χ4v) is 3.01. The number of amides is 1. The molecular weight excluding hydrogens is 315 g/mol. The molecule has 22 heavy (non-hydrogen) atoms. The minimum atomic E-state index is -4.63. The number of alkyl halides is 3. The summed E-state index contributed by atoms with van der Waals surface area (Å²) in [6.07, 6.45) is -3.59. The third-order valence-electron chi connectivity index (χ3n) is 3.00. The fraction of sp³-hybridized carbons (Fsp3) is 0.143. The number of anilines is 1. The zero-order valence-electron chi connectivity index (χ0n) is 11.3. The van der Waals surface area contributed by atoms with Crippen molar-refractivity contribution in [2.45, 2.75) is 13.1 Å². The molecule has 0 atom stereocenters. The highest BCUT2D eigenvalue weighted by Gasteiger charge is 2.35. The Kier molecular flexibility index (Phi) is 3.40. The number of carbonyl (C=O) groups excluding carboxylic acids is 1. The monoisotopic (exact) mass is 325 g/mol. The number of nitrogens with one attached hydrogen (secondary N) is 2. The number of thiophene rings is 1. The van der Waals surface area contributed by atoms with E-state index in [4.69, 9.17) is 0 Å².